The van der Waals surface area contributed by atoms with Gasteiger partial charge in [-0.05, 0) is 43.2 Å². The van der Waals surface area contributed by atoms with E-state index in [4.69, 9.17) is 20.2 Å². The van der Waals surface area contributed by atoms with E-state index in [-0.39, 0.29) is 12.6 Å². The summed E-state index contributed by atoms with van der Waals surface area (Å²) in [5, 5.41) is 15.6. The van der Waals surface area contributed by atoms with Crippen molar-refractivity contribution in [2.24, 2.45) is 10.9 Å². The Labute approximate surface area is 187 Å². The van der Waals surface area contributed by atoms with Crippen LogP contribution in [0, 0.1) is 5.92 Å². The molecule has 0 radical (unpaired) electrons. The summed E-state index contributed by atoms with van der Waals surface area (Å²) < 4.78 is 10.6. The van der Waals surface area contributed by atoms with Gasteiger partial charge in [-0.15, -0.1) is 0 Å². The number of nitrogens with two attached hydrogens (primary N) is 1. The van der Waals surface area contributed by atoms with Crippen LogP contribution in [0.5, 0.6) is 5.75 Å². The average molecular weight is 438 g/mol. The molecule has 1 aliphatic carbocycles. The van der Waals surface area contributed by atoms with Crippen LogP contribution >= 0.6 is 0 Å². The number of methoxy groups -OCH3 is 1. The van der Waals surface area contributed by atoms with Gasteiger partial charge >= 0.3 is 6.09 Å². The van der Waals surface area contributed by atoms with Gasteiger partial charge in [-0.3, -0.25) is 4.99 Å². The first-order chi connectivity index (χ1) is 15.5. The van der Waals surface area contributed by atoms with Crippen LogP contribution in [0.15, 0.2) is 47.5 Å². The molecule has 1 heterocycles. The minimum Gasteiger partial charge on any atom is -0.495 e. The molecule has 1 fully saturated rings. The molecule has 2 aromatic rings. The van der Waals surface area contributed by atoms with E-state index in [1.165, 1.54) is 0 Å². The Morgan fingerprint density at radius 2 is 2.00 bits per heavy atom. The summed E-state index contributed by atoms with van der Waals surface area (Å²) in [4.78, 5) is 16.8. The van der Waals surface area contributed by atoms with Crippen LogP contribution in [0.4, 0.5) is 10.5 Å². The molecule has 2 aliphatic rings. The molecular weight excluding hydrogens is 406 g/mol. The fourth-order valence-electron chi connectivity index (χ4n) is 4.57. The van der Waals surface area contributed by atoms with Crippen LogP contribution in [0.2, 0.25) is 0 Å². The van der Waals surface area contributed by atoms with Gasteiger partial charge in [0.15, 0.2) is 0 Å². The summed E-state index contributed by atoms with van der Waals surface area (Å²) in [5.41, 5.74) is 6.85. The second-order valence-electron chi connectivity index (χ2n) is 8.73. The number of aliphatic hydroxyl groups is 1. The summed E-state index contributed by atoms with van der Waals surface area (Å²) in [6.07, 6.45) is 5.25. The Hall–Kier alpha value is -3.06. The van der Waals surface area contributed by atoms with Crippen LogP contribution in [-0.4, -0.2) is 36.6 Å². The SMILES string of the molecule is COc1cc2c(cc1N)=CC(C1CCC(O)(CCOC(=O)NCc3ccccc3)CC1)N=2. The van der Waals surface area contributed by atoms with Gasteiger partial charge < -0.3 is 25.6 Å². The van der Waals surface area contributed by atoms with E-state index < -0.39 is 11.7 Å². The maximum Gasteiger partial charge on any atom is 0.407 e. The van der Waals surface area contributed by atoms with E-state index in [1.807, 2.05) is 42.5 Å². The number of alkyl carbamates (subject to hydrolysis) is 1. The van der Waals surface area contributed by atoms with Gasteiger partial charge in [0.05, 0.1) is 36.4 Å². The lowest BCUT2D eigenvalue weighted by Gasteiger charge is -2.37. The molecule has 4 N–H and O–H groups in total. The number of nitrogens with zero attached hydrogens (tertiary/aromatic N) is 1. The minimum atomic E-state index is -0.796. The lowest BCUT2D eigenvalue weighted by atomic mass is 9.75. The van der Waals surface area contributed by atoms with Crippen molar-refractivity contribution in [1.29, 1.82) is 0 Å². The summed E-state index contributed by atoms with van der Waals surface area (Å²) in [6, 6.07) is 13.6. The van der Waals surface area contributed by atoms with Crippen molar-refractivity contribution in [1.82, 2.24) is 5.32 Å². The normalized spacial score (nSPS) is 24.1. The third-order valence-electron chi connectivity index (χ3n) is 6.54. The zero-order valence-corrected chi connectivity index (χ0v) is 18.4. The summed E-state index contributed by atoms with van der Waals surface area (Å²) in [7, 11) is 1.60. The summed E-state index contributed by atoms with van der Waals surface area (Å²) in [5.74, 6) is 1.03. The van der Waals surface area contributed by atoms with Crippen LogP contribution in [0.3, 0.4) is 0 Å². The maximum atomic E-state index is 11.9. The number of hydrogen-bond donors (Lipinski definition) is 3. The van der Waals surface area contributed by atoms with Crippen molar-refractivity contribution in [3.63, 3.8) is 0 Å². The van der Waals surface area contributed by atoms with Gasteiger partial charge in [0, 0.05) is 24.3 Å². The highest BCUT2D eigenvalue weighted by Crippen LogP contribution is 2.37. The molecule has 1 atom stereocenters. The first-order valence-corrected chi connectivity index (χ1v) is 11.2. The molecule has 7 heteroatoms. The average Bonchev–Trinajstić information content (AvgIpc) is 3.20. The first kappa shape index (κ1) is 22.1. The molecule has 1 saturated carbocycles. The fraction of sp³-hybridized carbons (Fsp3) is 0.440. The topological polar surface area (TPSA) is 106 Å². The lowest BCUT2D eigenvalue weighted by molar-refractivity contribution is -0.0298. The number of rotatable bonds is 7. The van der Waals surface area contributed by atoms with E-state index in [0.717, 1.165) is 29.0 Å². The van der Waals surface area contributed by atoms with Crippen molar-refractivity contribution in [2.45, 2.75) is 50.3 Å². The molecule has 2 aromatic carbocycles. The monoisotopic (exact) mass is 437 g/mol. The van der Waals surface area contributed by atoms with E-state index in [0.29, 0.717) is 43.2 Å². The van der Waals surface area contributed by atoms with E-state index >= 15 is 0 Å². The zero-order chi connectivity index (χ0) is 22.6. The molecule has 7 nitrogen and oxygen atoms in total. The van der Waals surface area contributed by atoms with Crippen molar-refractivity contribution in [2.75, 3.05) is 19.5 Å². The van der Waals surface area contributed by atoms with Crippen LogP contribution in [-0.2, 0) is 11.3 Å². The Kier molecular flexibility index (Phi) is 6.65. The minimum absolute atomic E-state index is 0.0982. The largest absolute Gasteiger partial charge is 0.495 e. The van der Waals surface area contributed by atoms with E-state index in [1.54, 1.807) is 7.11 Å². The standard InChI is InChI=1S/C25H31N3O4/c1-31-23-15-22-19(13-20(23)26)14-21(28-22)18-7-9-25(30,10-8-18)11-12-32-24(29)27-16-17-5-3-2-4-6-17/h2-6,13-15,18,21,30H,7-12,16,26H2,1H3,(H,27,29). The third kappa shape index (κ3) is 5.22. The number of anilines is 1. The molecule has 1 unspecified atom stereocenters. The number of nitrogens with one attached hydrogen (secondary N) is 1. The number of carbonyl (C=O) groups excluding carboxylic acids is 1. The van der Waals surface area contributed by atoms with Crippen LogP contribution < -0.4 is 26.4 Å². The van der Waals surface area contributed by atoms with Gasteiger partial charge in [-0.25, -0.2) is 4.79 Å². The number of hydrogen-bond acceptors (Lipinski definition) is 6. The number of ether oxygens (including phenoxy) is 2. The number of carbonyl (C=O) groups is 1. The van der Waals surface area contributed by atoms with Crippen LogP contribution in [0.1, 0.15) is 37.7 Å². The van der Waals surface area contributed by atoms with Crippen molar-refractivity contribution in [3.05, 3.63) is 58.6 Å². The van der Waals surface area contributed by atoms with Gasteiger partial charge in [0.1, 0.15) is 5.75 Å². The Morgan fingerprint density at radius 1 is 1.25 bits per heavy atom. The summed E-state index contributed by atoms with van der Waals surface area (Å²) >= 11 is 0. The number of fused-ring (bicyclic) bond motifs is 1. The molecule has 0 aromatic heterocycles. The smallest absolute Gasteiger partial charge is 0.407 e. The van der Waals surface area contributed by atoms with Crippen molar-refractivity contribution >= 4 is 17.9 Å². The van der Waals surface area contributed by atoms with Crippen LogP contribution in [0.25, 0.3) is 6.08 Å². The van der Waals surface area contributed by atoms with E-state index in [2.05, 4.69) is 11.4 Å². The first-order valence-electron chi connectivity index (χ1n) is 11.2. The second kappa shape index (κ2) is 9.61. The highest BCUT2D eigenvalue weighted by molar-refractivity contribution is 5.67. The highest BCUT2D eigenvalue weighted by Gasteiger charge is 2.36. The molecule has 170 valence electrons. The van der Waals surface area contributed by atoms with Gasteiger partial charge in [-0.2, -0.15) is 0 Å². The Balaban J connectivity index is 1.23. The Morgan fingerprint density at radius 3 is 2.72 bits per heavy atom. The molecular formula is C25H31N3O4. The maximum absolute atomic E-state index is 11.9. The zero-order valence-electron chi connectivity index (χ0n) is 18.4. The predicted molar refractivity (Wildman–Crippen MR) is 123 cm³/mol. The van der Waals surface area contributed by atoms with Crippen molar-refractivity contribution < 1.29 is 19.4 Å². The van der Waals surface area contributed by atoms with Gasteiger partial charge in [0.25, 0.3) is 0 Å². The molecule has 1 aliphatic heterocycles. The molecule has 32 heavy (non-hydrogen) atoms. The number of benzene rings is 2. The van der Waals surface area contributed by atoms with Crippen molar-refractivity contribution in [3.8, 4) is 5.75 Å². The summed E-state index contributed by atoms with van der Waals surface area (Å²) in [6.45, 7) is 0.624. The molecule has 0 spiro atoms. The van der Waals surface area contributed by atoms with Gasteiger partial charge in [0.2, 0.25) is 0 Å². The number of amides is 1. The predicted octanol–water partition coefficient (Wildman–Crippen LogP) is 2.30. The highest BCUT2D eigenvalue weighted by atomic mass is 16.5. The van der Waals surface area contributed by atoms with Gasteiger partial charge in [-0.1, -0.05) is 36.4 Å². The lowest BCUT2D eigenvalue weighted by Crippen LogP contribution is -2.38. The molecule has 0 saturated heterocycles. The van der Waals surface area contributed by atoms with E-state index in [9.17, 15) is 9.90 Å². The molecule has 4 rings (SSSR count). The number of nitrogen functional groups attached to an aromatic ring is 1. The Bertz CT molecular complexity index is 1060. The second-order valence-corrected chi connectivity index (χ2v) is 8.73. The molecule has 0 bridgehead atoms. The quantitative estimate of drug-likeness (QED) is 0.577. The fourth-order valence-corrected chi connectivity index (χ4v) is 4.57. The molecule has 1 amide bonds. The third-order valence-corrected chi connectivity index (χ3v) is 6.54.